The van der Waals surface area contributed by atoms with Crippen molar-refractivity contribution in [1.29, 1.82) is 0 Å². The number of aromatic nitrogens is 1. The lowest BCUT2D eigenvalue weighted by Gasteiger charge is -2.12. The molecule has 0 spiro atoms. The summed E-state index contributed by atoms with van der Waals surface area (Å²) >= 11 is 6.85. The molecule has 0 aliphatic rings. The second kappa shape index (κ2) is 4.36. The van der Waals surface area contributed by atoms with Crippen LogP contribution >= 0.6 is 34.2 Å². The lowest BCUT2D eigenvalue weighted by atomic mass is 10.2. The van der Waals surface area contributed by atoms with E-state index in [1.165, 1.54) is 22.6 Å². The van der Waals surface area contributed by atoms with Crippen molar-refractivity contribution in [2.45, 2.75) is 12.6 Å². The van der Waals surface area contributed by atoms with Crippen molar-refractivity contribution >= 4 is 34.2 Å². The standard InChI is InChI=1S/C7H2ClF5IN/c8-3-1-2(5(9)10)4(7(11,12)13)15-6(3)14/h1,5H. The van der Waals surface area contributed by atoms with Crippen molar-refractivity contribution in [3.8, 4) is 0 Å². The number of rotatable bonds is 1. The molecule has 1 rings (SSSR count). The minimum absolute atomic E-state index is 0.161. The Labute approximate surface area is 99.8 Å². The third kappa shape index (κ3) is 2.90. The summed E-state index contributed by atoms with van der Waals surface area (Å²) in [5, 5.41) is -0.223. The van der Waals surface area contributed by atoms with E-state index in [-0.39, 0.29) is 8.72 Å². The largest absolute Gasteiger partial charge is 0.433 e. The molecule has 15 heavy (non-hydrogen) atoms. The number of halogens is 7. The zero-order chi connectivity index (χ0) is 11.8. The number of hydrogen-bond acceptors (Lipinski definition) is 1. The second-order valence-corrected chi connectivity index (χ2v) is 3.93. The zero-order valence-electron chi connectivity index (χ0n) is 6.75. The first-order valence-corrected chi connectivity index (χ1v) is 4.90. The summed E-state index contributed by atoms with van der Waals surface area (Å²) in [6, 6.07) is 0.587. The average Bonchev–Trinajstić information content (AvgIpc) is 2.06. The molecule has 0 unspecified atom stereocenters. The van der Waals surface area contributed by atoms with E-state index in [4.69, 9.17) is 11.6 Å². The highest BCUT2D eigenvalue weighted by Gasteiger charge is 2.38. The van der Waals surface area contributed by atoms with Crippen LogP contribution < -0.4 is 0 Å². The van der Waals surface area contributed by atoms with E-state index in [1.807, 2.05) is 0 Å². The maximum absolute atomic E-state index is 12.3. The normalized spacial score (nSPS) is 12.3. The van der Waals surface area contributed by atoms with Gasteiger partial charge < -0.3 is 0 Å². The molecule has 8 heteroatoms. The molecule has 0 aliphatic heterocycles. The van der Waals surface area contributed by atoms with Gasteiger partial charge in [-0.1, -0.05) is 11.6 Å². The first-order valence-electron chi connectivity index (χ1n) is 3.44. The number of hydrogen-bond donors (Lipinski definition) is 0. The summed E-state index contributed by atoms with van der Waals surface area (Å²) in [6.45, 7) is 0. The van der Waals surface area contributed by atoms with Gasteiger partial charge in [0.05, 0.1) is 10.6 Å². The van der Waals surface area contributed by atoms with Gasteiger partial charge in [-0.25, -0.2) is 13.8 Å². The van der Waals surface area contributed by atoms with Crippen LogP contribution in [0.4, 0.5) is 22.0 Å². The van der Waals surface area contributed by atoms with E-state index in [0.29, 0.717) is 6.07 Å². The minimum Gasteiger partial charge on any atom is -0.235 e. The van der Waals surface area contributed by atoms with Crippen LogP contribution in [0.1, 0.15) is 17.7 Å². The molecular weight excluding hydrogens is 355 g/mol. The summed E-state index contributed by atoms with van der Waals surface area (Å²) in [5.41, 5.74) is -2.79. The third-order valence-corrected chi connectivity index (χ3v) is 2.90. The number of pyridine rings is 1. The van der Waals surface area contributed by atoms with Crippen LogP contribution in [0.15, 0.2) is 6.07 Å². The van der Waals surface area contributed by atoms with Crippen molar-refractivity contribution in [2.75, 3.05) is 0 Å². The van der Waals surface area contributed by atoms with E-state index >= 15 is 0 Å². The van der Waals surface area contributed by atoms with Crippen molar-refractivity contribution < 1.29 is 22.0 Å². The Bertz CT molecular complexity index is 378. The van der Waals surface area contributed by atoms with Gasteiger partial charge in [0.1, 0.15) is 3.70 Å². The van der Waals surface area contributed by atoms with Gasteiger partial charge in [0.25, 0.3) is 6.43 Å². The molecule has 0 N–H and O–H groups in total. The molecule has 1 aromatic rings. The third-order valence-electron chi connectivity index (χ3n) is 1.47. The summed E-state index contributed by atoms with van der Waals surface area (Å²) < 4.78 is 61.2. The molecule has 1 nitrogen and oxygen atoms in total. The predicted molar refractivity (Wildman–Crippen MR) is 51.9 cm³/mol. The van der Waals surface area contributed by atoms with Crippen LogP contribution in [0.5, 0.6) is 0 Å². The maximum Gasteiger partial charge on any atom is 0.433 e. The minimum atomic E-state index is -4.91. The fourth-order valence-corrected chi connectivity index (χ4v) is 1.43. The summed E-state index contributed by atoms with van der Waals surface area (Å²) in [5.74, 6) is 0. The number of alkyl halides is 5. The highest BCUT2D eigenvalue weighted by molar-refractivity contribution is 14.1. The van der Waals surface area contributed by atoms with Crippen molar-refractivity contribution in [2.24, 2.45) is 0 Å². The zero-order valence-corrected chi connectivity index (χ0v) is 9.66. The fourth-order valence-electron chi connectivity index (χ4n) is 0.874. The Morgan fingerprint density at radius 1 is 1.33 bits per heavy atom. The lowest BCUT2D eigenvalue weighted by molar-refractivity contribution is -0.143. The Hall–Kier alpha value is -0.180. The monoisotopic (exact) mass is 357 g/mol. The topological polar surface area (TPSA) is 12.9 Å². The molecule has 0 saturated carbocycles. The molecule has 84 valence electrons. The summed E-state index contributed by atoms with van der Waals surface area (Å²) in [7, 11) is 0. The lowest BCUT2D eigenvalue weighted by Crippen LogP contribution is -2.13. The number of nitrogens with zero attached hydrogens (tertiary/aromatic N) is 1. The molecule has 0 radical (unpaired) electrons. The van der Waals surface area contributed by atoms with Crippen LogP contribution in [0.2, 0.25) is 5.02 Å². The Balaban J connectivity index is 3.42. The average molecular weight is 357 g/mol. The van der Waals surface area contributed by atoms with Crippen LogP contribution in [-0.2, 0) is 6.18 Å². The van der Waals surface area contributed by atoms with Gasteiger partial charge in [0, 0.05) is 0 Å². The van der Waals surface area contributed by atoms with Crippen LogP contribution in [-0.4, -0.2) is 4.98 Å². The maximum atomic E-state index is 12.3. The molecule has 1 aromatic heterocycles. The van der Waals surface area contributed by atoms with Gasteiger partial charge in [0.15, 0.2) is 5.69 Å². The Morgan fingerprint density at radius 2 is 1.87 bits per heavy atom. The van der Waals surface area contributed by atoms with Gasteiger partial charge in [-0.2, -0.15) is 13.2 Å². The molecule has 0 saturated heterocycles. The van der Waals surface area contributed by atoms with E-state index < -0.39 is 23.9 Å². The van der Waals surface area contributed by atoms with Crippen molar-refractivity contribution in [3.05, 3.63) is 26.0 Å². The predicted octanol–water partition coefficient (Wildman–Crippen LogP) is 4.30. The van der Waals surface area contributed by atoms with Crippen molar-refractivity contribution in [1.82, 2.24) is 4.98 Å². The molecule has 0 fully saturated rings. The molecule has 1 heterocycles. The summed E-state index contributed by atoms with van der Waals surface area (Å²) in [4.78, 5) is 3.01. The Morgan fingerprint density at radius 3 is 2.27 bits per heavy atom. The molecule has 0 amide bonds. The van der Waals surface area contributed by atoms with Gasteiger partial charge in [-0.3, -0.25) is 0 Å². The van der Waals surface area contributed by atoms with E-state index in [2.05, 4.69) is 4.98 Å². The molecule has 0 aromatic carbocycles. The summed E-state index contributed by atoms with van der Waals surface area (Å²) in [6.07, 6.45) is -8.17. The van der Waals surface area contributed by atoms with E-state index in [9.17, 15) is 22.0 Å². The SMILES string of the molecule is FC(F)c1cc(Cl)c(I)nc1C(F)(F)F. The van der Waals surface area contributed by atoms with Gasteiger partial charge in [0.2, 0.25) is 0 Å². The van der Waals surface area contributed by atoms with Crippen LogP contribution in [0.3, 0.4) is 0 Å². The molecule has 0 atom stereocenters. The highest BCUT2D eigenvalue weighted by atomic mass is 127. The fraction of sp³-hybridized carbons (Fsp3) is 0.286. The highest BCUT2D eigenvalue weighted by Crippen LogP contribution is 2.37. The first kappa shape index (κ1) is 12.9. The van der Waals surface area contributed by atoms with Crippen LogP contribution in [0, 0.1) is 3.70 Å². The smallest absolute Gasteiger partial charge is 0.235 e. The molecule has 0 aliphatic carbocycles. The van der Waals surface area contributed by atoms with Gasteiger partial charge in [-0.15, -0.1) is 0 Å². The first-order chi connectivity index (χ1) is 6.73. The second-order valence-electron chi connectivity index (χ2n) is 2.50. The quantitative estimate of drug-likeness (QED) is 0.415. The van der Waals surface area contributed by atoms with E-state index in [0.717, 1.165) is 0 Å². The van der Waals surface area contributed by atoms with Crippen LogP contribution in [0.25, 0.3) is 0 Å². The van der Waals surface area contributed by atoms with E-state index in [1.54, 1.807) is 0 Å². The Kier molecular flexibility index (Phi) is 3.75. The van der Waals surface area contributed by atoms with Crippen molar-refractivity contribution in [3.63, 3.8) is 0 Å². The van der Waals surface area contributed by atoms with Gasteiger partial charge >= 0.3 is 6.18 Å². The van der Waals surface area contributed by atoms with Gasteiger partial charge in [-0.05, 0) is 28.7 Å². The molecule has 0 bridgehead atoms. The molecular formula is C7H2ClF5IN.